The molecule has 3 fully saturated rings. The third kappa shape index (κ3) is 7.64. The number of piperidine rings is 1. The van der Waals surface area contributed by atoms with Gasteiger partial charge in [-0.2, -0.15) is 8.78 Å². The van der Waals surface area contributed by atoms with Crippen LogP contribution in [0.1, 0.15) is 85.5 Å². The summed E-state index contributed by atoms with van der Waals surface area (Å²) in [6.45, 7) is 2.12. The number of nitrogens with zero attached hydrogens (tertiary/aromatic N) is 4. The molecule has 2 aromatic heterocycles. The van der Waals surface area contributed by atoms with E-state index in [1.807, 2.05) is 47.4 Å². The molecule has 4 aliphatic rings. The van der Waals surface area contributed by atoms with Crippen LogP contribution < -0.4 is 10.6 Å². The van der Waals surface area contributed by atoms with Crippen LogP contribution in [0.15, 0.2) is 91.1 Å². The number of rotatable bonds is 11. The summed E-state index contributed by atoms with van der Waals surface area (Å²) in [5.74, 6) is -2.56. The minimum Gasteiger partial charge on any atom is -0.453 e. The van der Waals surface area contributed by atoms with Gasteiger partial charge in [0.1, 0.15) is 23.7 Å². The zero-order chi connectivity index (χ0) is 46.7. The number of hydrogen-bond donors (Lipinski definition) is 4. The Bertz CT molecular complexity index is 2900. The molecule has 7 atom stereocenters. The van der Waals surface area contributed by atoms with Crippen molar-refractivity contribution in [3.63, 3.8) is 0 Å². The number of alkyl carbamates (subject to hydrolysis) is 2. The maximum atomic E-state index is 16.7. The fourth-order valence-corrected chi connectivity index (χ4v) is 10.7. The van der Waals surface area contributed by atoms with Gasteiger partial charge >= 0.3 is 12.2 Å². The highest BCUT2D eigenvalue weighted by molar-refractivity contribution is 5.90. The first kappa shape index (κ1) is 43.7. The minimum atomic E-state index is -3.31. The molecular weight excluding hydrogens is 863 g/mol. The lowest BCUT2D eigenvalue weighted by Gasteiger charge is -2.36. The van der Waals surface area contributed by atoms with Gasteiger partial charge in [-0.15, -0.1) is 0 Å². The normalized spacial score (nSPS) is 21.4. The lowest BCUT2D eigenvalue weighted by atomic mass is 9.96. The quantitative estimate of drug-likeness (QED) is 0.0993. The van der Waals surface area contributed by atoms with Gasteiger partial charge in [-0.1, -0.05) is 60.7 Å². The van der Waals surface area contributed by atoms with E-state index in [1.165, 1.54) is 27.4 Å². The lowest BCUT2D eigenvalue weighted by Crippen LogP contribution is -2.54. The molecule has 0 radical (unpaired) electrons. The molecule has 4 amide bonds. The van der Waals surface area contributed by atoms with Crippen LogP contribution in [0.2, 0.25) is 0 Å². The molecule has 1 saturated carbocycles. The number of alkyl halides is 2. The first-order chi connectivity index (χ1) is 32.4. The second-order valence-corrected chi connectivity index (χ2v) is 17.8. The van der Waals surface area contributed by atoms with Gasteiger partial charge in [-0.05, 0) is 97.0 Å². The second kappa shape index (κ2) is 17.3. The highest BCUT2D eigenvalue weighted by Crippen LogP contribution is 2.53. The van der Waals surface area contributed by atoms with Crippen molar-refractivity contribution >= 4 is 35.0 Å². The van der Waals surface area contributed by atoms with Crippen LogP contribution in [0, 0.1) is 5.92 Å². The van der Waals surface area contributed by atoms with E-state index in [0.717, 1.165) is 24.8 Å². The van der Waals surface area contributed by atoms with Crippen molar-refractivity contribution in [1.29, 1.82) is 0 Å². The highest BCUT2D eigenvalue weighted by atomic mass is 19.3. The summed E-state index contributed by atoms with van der Waals surface area (Å²) >= 11 is 0. The molecule has 15 nitrogen and oxygen atoms in total. The van der Waals surface area contributed by atoms with Crippen molar-refractivity contribution in [1.82, 2.24) is 40.4 Å². The molecule has 0 spiro atoms. The van der Waals surface area contributed by atoms with E-state index in [1.54, 1.807) is 54.4 Å². The molecule has 2 bridgehead atoms. The van der Waals surface area contributed by atoms with E-state index >= 15 is 8.78 Å². The molecule has 10 rings (SSSR count). The Hall–Kier alpha value is -7.14. The van der Waals surface area contributed by atoms with Gasteiger partial charge in [0.15, 0.2) is 0 Å². The van der Waals surface area contributed by atoms with Crippen molar-refractivity contribution in [3.8, 4) is 33.5 Å². The third-order valence-electron chi connectivity index (χ3n) is 14.1. The predicted octanol–water partition coefficient (Wildman–Crippen LogP) is 8.31. The van der Waals surface area contributed by atoms with Gasteiger partial charge in [-0.25, -0.2) is 19.6 Å². The maximum absolute atomic E-state index is 16.7. The summed E-state index contributed by atoms with van der Waals surface area (Å²) in [5, 5.41) is 5.33. The first-order valence-corrected chi connectivity index (χ1v) is 22.5. The summed E-state index contributed by atoms with van der Waals surface area (Å²) in [6, 6.07) is 22.1. The zero-order valence-electron chi connectivity index (χ0n) is 37.3. The Morgan fingerprint density at radius 2 is 1.48 bits per heavy atom. The summed E-state index contributed by atoms with van der Waals surface area (Å²) in [4.78, 5) is 72.6. The van der Waals surface area contributed by atoms with E-state index in [-0.39, 0.29) is 40.9 Å². The molecular formula is C50H50F2N8O7. The number of amides is 4. The van der Waals surface area contributed by atoms with Gasteiger partial charge in [0.05, 0.1) is 55.3 Å². The third-order valence-corrected chi connectivity index (χ3v) is 14.1. The number of imidazole rings is 2. The number of carbonyl (C=O) groups excluding carboxylic acids is 4. The average Bonchev–Trinajstić information content (AvgIpc) is 4.23. The fraction of sp³-hybridized carbons (Fsp3) is 0.360. The van der Waals surface area contributed by atoms with Crippen LogP contribution in [0.4, 0.5) is 18.4 Å². The van der Waals surface area contributed by atoms with E-state index in [0.29, 0.717) is 75.6 Å². The van der Waals surface area contributed by atoms with E-state index in [4.69, 9.17) is 19.2 Å². The molecule has 346 valence electrons. The molecule has 1 unspecified atom stereocenters. The summed E-state index contributed by atoms with van der Waals surface area (Å²) < 4.78 is 48.3. The number of nitrogens with one attached hydrogen (secondary N) is 4. The molecule has 6 aromatic rings. The topological polar surface area (TPSA) is 184 Å². The molecule has 2 aliphatic carbocycles. The van der Waals surface area contributed by atoms with Crippen LogP contribution in [-0.2, 0) is 29.7 Å². The number of aromatic amines is 2. The molecule has 4 aromatic carbocycles. The largest absolute Gasteiger partial charge is 0.453 e. The number of fused-ring (bicyclic) bond motifs is 6. The summed E-state index contributed by atoms with van der Waals surface area (Å²) in [6.07, 6.45) is 3.44. The van der Waals surface area contributed by atoms with Crippen molar-refractivity contribution in [3.05, 3.63) is 119 Å². The number of halogens is 2. The molecule has 2 saturated heterocycles. The molecule has 67 heavy (non-hydrogen) atoms. The Balaban J connectivity index is 0.890. The summed E-state index contributed by atoms with van der Waals surface area (Å²) in [7, 11) is 3.94. The van der Waals surface area contributed by atoms with Crippen molar-refractivity contribution in [2.24, 2.45) is 5.92 Å². The molecule has 4 heterocycles. The van der Waals surface area contributed by atoms with E-state index in [9.17, 15) is 19.2 Å². The van der Waals surface area contributed by atoms with Crippen LogP contribution in [0.3, 0.4) is 0 Å². The van der Waals surface area contributed by atoms with Gasteiger partial charge in [0, 0.05) is 36.4 Å². The number of benzene rings is 4. The molecule has 17 heteroatoms. The Morgan fingerprint density at radius 3 is 2.21 bits per heavy atom. The SMILES string of the molecule is COC(=O)N[C@H](C(=O)N1CCC[C@H]1c1ncc(-c2ccc3c(c2)C(F)(F)c2cc(-c4ccc5nc([C@@H]6C7CC[C@H](C7)N6C(=O)[C@H](NC(=O)OC)c6ccccc6)[nH]c5c4)ccc2-3)[nH]1)[C@@H](C)OC. The van der Waals surface area contributed by atoms with Crippen LogP contribution in [-0.4, -0.2) is 99.8 Å². The zero-order valence-corrected chi connectivity index (χ0v) is 37.3. The van der Waals surface area contributed by atoms with Crippen LogP contribution >= 0.6 is 0 Å². The number of likely N-dealkylation sites (tertiary alicyclic amines) is 2. The highest BCUT2D eigenvalue weighted by Gasteiger charge is 2.52. The number of hydrogen-bond acceptors (Lipinski definition) is 9. The van der Waals surface area contributed by atoms with Gasteiger partial charge in [-0.3, -0.25) is 9.59 Å². The van der Waals surface area contributed by atoms with E-state index < -0.39 is 42.3 Å². The van der Waals surface area contributed by atoms with Gasteiger partial charge < -0.3 is 44.6 Å². The van der Waals surface area contributed by atoms with E-state index in [2.05, 4.69) is 25.6 Å². The number of methoxy groups -OCH3 is 3. The van der Waals surface area contributed by atoms with Crippen molar-refractivity contribution < 1.29 is 42.2 Å². The monoisotopic (exact) mass is 912 g/mol. The van der Waals surface area contributed by atoms with Crippen LogP contribution in [0.5, 0.6) is 0 Å². The number of H-pyrrole nitrogens is 2. The Morgan fingerprint density at radius 1 is 0.791 bits per heavy atom. The number of aromatic nitrogens is 4. The summed E-state index contributed by atoms with van der Waals surface area (Å²) in [5.41, 5.74) is 5.08. The smallest absolute Gasteiger partial charge is 0.407 e. The minimum absolute atomic E-state index is 0.00906. The molecule has 4 N–H and O–H groups in total. The predicted molar refractivity (Wildman–Crippen MR) is 242 cm³/mol. The Labute approximate surface area is 384 Å². The van der Waals surface area contributed by atoms with Crippen molar-refractivity contribution in [2.45, 2.75) is 81.3 Å². The maximum Gasteiger partial charge on any atom is 0.407 e. The van der Waals surface area contributed by atoms with Crippen molar-refractivity contribution in [2.75, 3.05) is 27.9 Å². The standard InChI is InChI=1S/C50H50F2N8O7/c1-26(65-2)41(57-48(63)66-3)46(61)59-20-8-11-40(59)44-53-25-39(56-44)30-14-18-34-33-17-13-28(22-35(33)50(51,52)36(34)23-30)29-15-19-37-38(24-29)55-45(54-37)43-31-12-16-32(21-31)60(43)47(62)42(58-49(64)67-4)27-9-6-5-7-10-27/h5-7,9-10,13-15,17-19,22-26,31-32,40-43H,8,11-12,16,20-21H2,1-4H3,(H,53,56)(H,54,55)(H,57,63)(H,58,64)/t26-,31?,32-,40+,41+,42-,43+/m1/s1. The lowest BCUT2D eigenvalue weighted by molar-refractivity contribution is -0.138. The number of carbonyl (C=O) groups is 4. The second-order valence-electron chi connectivity index (χ2n) is 17.8. The molecule has 2 aliphatic heterocycles. The van der Waals surface area contributed by atoms with Crippen LogP contribution in [0.25, 0.3) is 44.5 Å². The Kier molecular flexibility index (Phi) is 11.3. The first-order valence-electron chi connectivity index (χ1n) is 22.5. The average molecular weight is 913 g/mol. The van der Waals surface area contributed by atoms with Gasteiger partial charge in [0.2, 0.25) is 5.91 Å². The van der Waals surface area contributed by atoms with Gasteiger partial charge in [0.25, 0.3) is 11.8 Å². The fourth-order valence-electron chi connectivity index (χ4n) is 10.7. The number of ether oxygens (including phenoxy) is 3.